The lowest BCUT2D eigenvalue weighted by molar-refractivity contribution is 0.359. The Morgan fingerprint density at radius 2 is 2.06 bits per heavy atom. The number of allylic oxidation sites excluding steroid dienone is 1. The molecular formula is C14H13IO3. The molecule has 0 fully saturated rings. The summed E-state index contributed by atoms with van der Waals surface area (Å²) in [4.78, 5) is 11.2. The molecule has 1 aromatic heterocycles. The summed E-state index contributed by atoms with van der Waals surface area (Å²) in [5, 5.41) is 0.897. The minimum atomic E-state index is -0.345. The van der Waals surface area contributed by atoms with E-state index in [0.717, 1.165) is 14.7 Å². The van der Waals surface area contributed by atoms with E-state index < -0.39 is 0 Å². The van der Waals surface area contributed by atoms with Crippen molar-refractivity contribution in [2.45, 2.75) is 13.8 Å². The lowest BCUT2D eigenvalue weighted by atomic mass is 10.2. The van der Waals surface area contributed by atoms with Crippen LogP contribution in [-0.2, 0) is 0 Å². The third-order valence-electron chi connectivity index (χ3n) is 2.42. The van der Waals surface area contributed by atoms with Gasteiger partial charge in [0.25, 0.3) is 0 Å². The summed E-state index contributed by atoms with van der Waals surface area (Å²) in [5.41, 5.74) is 1.44. The summed E-state index contributed by atoms with van der Waals surface area (Å²) < 4.78 is 11.7. The fraction of sp³-hybridized carbons (Fsp3) is 0.214. The van der Waals surface area contributed by atoms with Crippen molar-refractivity contribution < 1.29 is 9.15 Å². The van der Waals surface area contributed by atoms with Crippen LogP contribution >= 0.6 is 22.6 Å². The SMILES string of the molecule is CC(C)=CCOc1ccc2ccc(=O)oc2c1I. The first-order valence-corrected chi connectivity index (χ1v) is 6.64. The Labute approximate surface area is 119 Å². The normalized spacial score (nSPS) is 10.4. The second-order valence-corrected chi connectivity index (χ2v) is 5.22. The minimum Gasteiger partial charge on any atom is -0.488 e. The number of benzene rings is 1. The van der Waals surface area contributed by atoms with Gasteiger partial charge in [0.15, 0.2) is 5.58 Å². The maximum atomic E-state index is 11.2. The van der Waals surface area contributed by atoms with E-state index in [2.05, 4.69) is 22.6 Å². The van der Waals surface area contributed by atoms with E-state index in [4.69, 9.17) is 9.15 Å². The van der Waals surface area contributed by atoms with Crippen molar-refractivity contribution in [2.24, 2.45) is 0 Å². The van der Waals surface area contributed by atoms with E-state index in [-0.39, 0.29) is 5.63 Å². The predicted molar refractivity (Wildman–Crippen MR) is 80.1 cm³/mol. The summed E-state index contributed by atoms with van der Waals surface area (Å²) in [6.45, 7) is 4.56. The molecule has 0 N–H and O–H groups in total. The van der Waals surface area contributed by atoms with E-state index in [1.54, 1.807) is 6.07 Å². The molecule has 0 saturated carbocycles. The lowest BCUT2D eigenvalue weighted by Gasteiger charge is -2.07. The Kier molecular flexibility index (Phi) is 4.06. The number of ether oxygens (including phenoxy) is 1. The average molecular weight is 356 g/mol. The number of rotatable bonds is 3. The maximum Gasteiger partial charge on any atom is 0.336 e. The molecular weight excluding hydrogens is 343 g/mol. The van der Waals surface area contributed by atoms with Crippen molar-refractivity contribution in [3.63, 3.8) is 0 Å². The molecule has 0 spiro atoms. The summed E-state index contributed by atoms with van der Waals surface area (Å²) in [6, 6.07) is 6.95. The fourth-order valence-corrected chi connectivity index (χ4v) is 2.25. The molecule has 0 unspecified atom stereocenters. The highest BCUT2D eigenvalue weighted by molar-refractivity contribution is 14.1. The Morgan fingerprint density at radius 1 is 1.33 bits per heavy atom. The fourth-order valence-electron chi connectivity index (χ4n) is 1.49. The van der Waals surface area contributed by atoms with Gasteiger partial charge in [-0.25, -0.2) is 4.79 Å². The summed E-state index contributed by atoms with van der Waals surface area (Å²) in [6.07, 6.45) is 2.00. The van der Waals surface area contributed by atoms with Gasteiger partial charge in [-0.05, 0) is 60.7 Å². The first-order chi connectivity index (χ1) is 8.58. The molecule has 0 bridgehead atoms. The van der Waals surface area contributed by atoms with Gasteiger partial charge in [-0.2, -0.15) is 0 Å². The van der Waals surface area contributed by atoms with Crippen LogP contribution in [0.15, 0.2) is 45.1 Å². The van der Waals surface area contributed by atoms with E-state index in [0.29, 0.717) is 12.2 Å². The van der Waals surface area contributed by atoms with Crippen LogP contribution in [0, 0.1) is 3.57 Å². The van der Waals surface area contributed by atoms with Gasteiger partial charge in [0.2, 0.25) is 0 Å². The zero-order chi connectivity index (χ0) is 13.1. The molecule has 2 rings (SSSR count). The standard InChI is InChI=1S/C14H13IO3/c1-9(2)7-8-17-11-5-3-10-4-6-12(16)18-14(10)13(11)15/h3-7H,8H2,1-2H3. The monoisotopic (exact) mass is 356 g/mol. The second kappa shape index (κ2) is 5.56. The van der Waals surface area contributed by atoms with Crippen molar-refractivity contribution in [1.29, 1.82) is 0 Å². The van der Waals surface area contributed by atoms with Crippen molar-refractivity contribution in [3.8, 4) is 5.75 Å². The smallest absolute Gasteiger partial charge is 0.336 e. The highest BCUT2D eigenvalue weighted by Gasteiger charge is 2.08. The van der Waals surface area contributed by atoms with Crippen LogP contribution in [-0.4, -0.2) is 6.61 Å². The summed E-state index contributed by atoms with van der Waals surface area (Å²) in [5.74, 6) is 0.731. The van der Waals surface area contributed by atoms with Gasteiger partial charge in [0.1, 0.15) is 12.4 Å². The van der Waals surface area contributed by atoms with Gasteiger partial charge in [-0.15, -0.1) is 0 Å². The highest BCUT2D eigenvalue weighted by atomic mass is 127. The molecule has 0 atom stereocenters. The first kappa shape index (κ1) is 13.1. The van der Waals surface area contributed by atoms with Crippen molar-refractivity contribution in [3.05, 3.63) is 49.9 Å². The third-order valence-corrected chi connectivity index (χ3v) is 3.45. The second-order valence-electron chi connectivity index (χ2n) is 4.14. The first-order valence-electron chi connectivity index (χ1n) is 5.56. The van der Waals surface area contributed by atoms with Gasteiger partial charge >= 0.3 is 5.63 Å². The van der Waals surface area contributed by atoms with Gasteiger partial charge in [-0.3, -0.25) is 0 Å². The molecule has 0 amide bonds. The number of hydrogen-bond donors (Lipinski definition) is 0. The summed E-state index contributed by atoms with van der Waals surface area (Å²) >= 11 is 2.13. The summed E-state index contributed by atoms with van der Waals surface area (Å²) in [7, 11) is 0. The molecule has 2 aromatic rings. The van der Waals surface area contributed by atoms with E-state index in [9.17, 15) is 4.79 Å². The van der Waals surface area contributed by atoms with Crippen molar-refractivity contribution in [2.75, 3.05) is 6.61 Å². The van der Waals surface area contributed by atoms with Crippen LogP contribution in [0.2, 0.25) is 0 Å². The third kappa shape index (κ3) is 2.93. The molecule has 1 heterocycles. The molecule has 94 valence electrons. The zero-order valence-corrected chi connectivity index (χ0v) is 12.4. The van der Waals surface area contributed by atoms with Crippen LogP contribution < -0.4 is 10.4 Å². The molecule has 18 heavy (non-hydrogen) atoms. The Morgan fingerprint density at radius 3 is 2.78 bits per heavy atom. The van der Waals surface area contributed by atoms with E-state index >= 15 is 0 Å². The molecule has 0 aliphatic heterocycles. The van der Waals surface area contributed by atoms with Crippen LogP contribution in [0.5, 0.6) is 5.75 Å². The largest absolute Gasteiger partial charge is 0.488 e. The van der Waals surface area contributed by atoms with Crippen LogP contribution in [0.3, 0.4) is 0 Å². The quantitative estimate of drug-likeness (QED) is 0.478. The van der Waals surface area contributed by atoms with Crippen LogP contribution in [0.25, 0.3) is 11.0 Å². The minimum absolute atomic E-state index is 0.345. The van der Waals surface area contributed by atoms with Crippen molar-refractivity contribution in [1.82, 2.24) is 0 Å². The van der Waals surface area contributed by atoms with Gasteiger partial charge in [0.05, 0.1) is 3.57 Å². The molecule has 0 saturated heterocycles. The topological polar surface area (TPSA) is 39.4 Å². The van der Waals surface area contributed by atoms with Crippen molar-refractivity contribution >= 4 is 33.6 Å². The lowest BCUT2D eigenvalue weighted by Crippen LogP contribution is -1.99. The molecule has 3 nitrogen and oxygen atoms in total. The van der Waals surface area contributed by atoms with Crippen LogP contribution in [0.1, 0.15) is 13.8 Å². The predicted octanol–water partition coefficient (Wildman–Crippen LogP) is 3.74. The molecule has 0 radical (unpaired) electrons. The zero-order valence-electron chi connectivity index (χ0n) is 10.2. The van der Waals surface area contributed by atoms with Crippen LogP contribution in [0.4, 0.5) is 0 Å². The molecule has 0 aliphatic rings. The Hall–Kier alpha value is -1.30. The van der Waals surface area contributed by atoms with E-state index in [1.165, 1.54) is 11.6 Å². The molecule has 0 aliphatic carbocycles. The Bertz CT molecular complexity index is 652. The van der Waals surface area contributed by atoms with Gasteiger partial charge in [0, 0.05) is 11.5 Å². The maximum absolute atomic E-state index is 11.2. The molecule has 1 aromatic carbocycles. The van der Waals surface area contributed by atoms with Gasteiger partial charge in [-0.1, -0.05) is 5.57 Å². The average Bonchev–Trinajstić information content (AvgIpc) is 2.32. The number of hydrogen-bond acceptors (Lipinski definition) is 3. The number of fused-ring (bicyclic) bond motifs is 1. The molecule has 4 heteroatoms. The highest BCUT2D eigenvalue weighted by Crippen LogP contribution is 2.28. The Balaban J connectivity index is 2.38. The number of halogens is 1. The van der Waals surface area contributed by atoms with Gasteiger partial charge < -0.3 is 9.15 Å². The van der Waals surface area contributed by atoms with E-state index in [1.807, 2.05) is 32.1 Å².